The predicted octanol–water partition coefficient (Wildman–Crippen LogP) is 0.462. The second-order valence-corrected chi connectivity index (χ2v) is 3.53. The number of hydrogen-bond acceptors (Lipinski definition) is 5. The number of alkyl halides is 2. The van der Waals surface area contributed by atoms with Crippen LogP contribution in [-0.2, 0) is 23.9 Å². The molecule has 0 radical (unpaired) electrons. The quantitative estimate of drug-likeness (QED) is 0.490. The van der Waals surface area contributed by atoms with E-state index in [0.29, 0.717) is 0 Å². The van der Waals surface area contributed by atoms with Gasteiger partial charge in [0, 0.05) is 12.8 Å². The molecule has 0 aromatic carbocycles. The average Bonchev–Trinajstić information content (AvgIpc) is 2.32. The van der Waals surface area contributed by atoms with Crippen LogP contribution in [0.4, 0.5) is 8.78 Å². The zero-order valence-corrected chi connectivity index (χ0v) is 9.67. The predicted molar refractivity (Wildman–Crippen MR) is 54.6 cm³/mol. The highest BCUT2D eigenvalue weighted by atomic mass is 19.1. The molecular weight excluding hydrogens is 270 g/mol. The van der Waals surface area contributed by atoms with Crippen molar-refractivity contribution in [3.8, 4) is 0 Å². The lowest BCUT2D eigenvalue weighted by Crippen LogP contribution is -2.20. The number of esters is 2. The van der Waals surface area contributed by atoms with Crippen molar-refractivity contribution < 1.29 is 42.9 Å². The molecule has 0 amide bonds. The molecule has 0 saturated carbocycles. The van der Waals surface area contributed by atoms with Crippen LogP contribution in [-0.4, -0.2) is 46.4 Å². The molecule has 0 saturated heterocycles. The molecule has 9 heteroatoms. The number of aliphatic carboxylic acids is 2. The molecule has 0 rings (SSSR count). The van der Waals surface area contributed by atoms with Crippen LogP contribution in [0.15, 0.2) is 0 Å². The number of carbonyl (C=O) groups excluding carboxylic acids is 2. The van der Waals surface area contributed by atoms with Gasteiger partial charge in [-0.3, -0.25) is 9.59 Å². The smallest absolute Gasteiger partial charge is 0.338 e. The van der Waals surface area contributed by atoms with E-state index in [1.54, 1.807) is 0 Å². The van der Waals surface area contributed by atoms with Gasteiger partial charge in [0.2, 0.25) is 0 Å². The molecule has 2 unspecified atom stereocenters. The molecule has 0 aliphatic heterocycles. The Kier molecular flexibility index (Phi) is 7.23. The Balaban J connectivity index is 3.90. The molecule has 0 aromatic rings. The van der Waals surface area contributed by atoms with Crippen molar-refractivity contribution in [1.82, 2.24) is 0 Å². The molecule has 7 nitrogen and oxygen atoms in total. The molecule has 19 heavy (non-hydrogen) atoms. The van der Waals surface area contributed by atoms with Gasteiger partial charge in [-0.05, 0) is 12.8 Å². The van der Waals surface area contributed by atoms with E-state index in [9.17, 15) is 28.0 Å². The van der Waals surface area contributed by atoms with Gasteiger partial charge in [0.15, 0.2) is 12.3 Å². The summed E-state index contributed by atoms with van der Waals surface area (Å²) in [4.78, 5) is 42.1. The van der Waals surface area contributed by atoms with Gasteiger partial charge in [-0.15, -0.1) is 0 Å². The van der Waals surface area contributed by atoms with Gasteiger partial charge in [-0.25, -0.2) is 18.4 Å². The first kappa shape index (κ1) is 16.9. The van der Waals surface area contributed by atoms with Gasteiger partial charge >= 0.3 is 23.9 Å². The van der Waals surface area contributed by atoms with Gasteiger partial charge < -0.3 is 14.9 Å². The molecule has 0 aliphatic carbocycles. The third kappa shape index (κ3) is 7.79. The van der Waals surface area contributed by atoms with Gasteiger partial charge in [-0.2, -0.15) is 0 Å². The maximum absolute atomic E-state index is 12.6. The number of hydrogen-bond donors (Lipinski definition) is 2. The maximum atomic E-state index is 12.6. The minimum Gasteiger partial charge on any atom is -0.479 e. The second-order valence-electron chi connectivity index (χ2n) is 3.53. The van der Waals surface area contributed by atoms with Gasteiger partial charge in [0.1, 0.15) is 0 Å². The van der Waals surface area contributed by atoms with Gasteiger partial charge in [0.25, 0.3) is 0 Å². The number of halogens is 2. The van der Waals surface area contributed by atoms with Gasteiger partial charge in [-0.1, -0.05) is 0 Å². The van der Waals surface area contributed by atoms with E-state index in [1.807, 2.05) is 0 Å². The fourth-order valence-electron chi connectivity index (χ4n) is 0.965. The Labute approximate surface area is 106 Å². The van der Waals surface area contributed by atoms with Crippen molar-refractivity contribution in [2.24, 2.45) is 0 Å². The summed E-state index contributed by atoms with van der Waals surface area (Å²) < 4.78 is 29.2. The normalized spacial score (nSPS) is 13.4. The maximum Gasteiger partial charge on any atom is 0.338 e. The van der Waals surface area contributed by atoms with Crippen molar-refractivity contribution >= 4 is 23.9 Å². The summed E-state index contributed by atoms with van der Waals surface area (Å²) in [5.74, 6) is -5.78. The van der Waals surface area contributed by atoms with Crippen molar-refractivity contribution in [3.63, 3.8) is 0 Å². The Hall–Kier alpha value is -2.06. The lowest BCUT2D eigenvalue weighted by Gasteiger charge is -2.04. The Bertz CT molecular complexity index is 335. The summed E-state index contributed by atoms with van der Waals surface area (Å²) >= 11 is 0. The van der Waals surface area contributed by atoms with Crippen LogP contribution in [0.5, 0.6) is 0 Å². The van der Waals surface area contributed by atoms with Crippen LogP contribution in [0.1, 0.15) is 25.7 Å². The molecule has 0 spiro atoms. The average molecular weight is 282 g/mol. The Morgan fingerprint density at radius 3 is 1.42 bits per heavy atom. The van der Waals surface area contributed by atoms with Crippen LogP contribution in [0, 0.1) is 0 Å². The Morgan fingerprint density at radius 2 is 1.16 bits per heavy atom. The minimum absolute atomic E-state index is 0.628. The molecule has 108 valence electrons. The van der Waals surface area contributed by atoms with Crippen molar-refractivity contribution in [2.45, 2.75) is 38.0 Å². The topological polar surface area (TPSA) is 118 Å². The number of carboxylic acids is 2. The van der Waals surface area contributed by atoms with E-state index >= 15 is 0 Å². The van der Waals surface area contributed by atoms with Crippen molar-refractivity contribution in [1.29, 1.82) is 0 Å². The first-order valence-corrected chi connectivity index (χ1v) is 5.21. The summed E-state index contributed by atoms with van der Waals surface area (Å²) in [5.41, 5.74) is 0. The van der Waals surface area contributed by atoms with Crippen LogP contribution in [0.25, 0.3) is 0 Å². The second kappa shape index (κ2) is 8.11. The lowest BCUT2D eigenvalue weighted by atomic mass is 10.2. The summed E-state index contributed by atoms with van der Waals surface area (Å²) in [6, 6.07) is 0. The van der Waals surface area contributed by atoms with E-state index in [-0.39, 0.29) is 0 Å². The molecule has 0 heterocycles. The fraction of sp³-hybridized carbons (Fsp3) is 0.600. The number of carbonyl (C=O) groups is 4. The standard InChI is InChI=1S/C10H12F2O7/c11-5(9(15)16)1-3-7(13)19-8(14)4-2-6(12)10(17)18/h5-6H,1-4H2,(H,15,16)(H,17,18). The van der Waals surface area contributed by atoms with E-state index in [1.165, 1.54) is 0 Å². The van der Waals surface area contributed by atoms with Crippen LogP contribution >= 0.6 is 0 Å². The summed E-state index contributed by atoms with van der Waals surface area (Å²) in [6.07, 6.45) is -7.05. The molecule has 0 aliphatic rings. The molecule has 0 aromatic heterocycles. The fourth-order valence-corrected chi connectivity index (χ4v) is 0.965. The van der Waals surface area contributed by atoms with E-state index in [0.717, 1.165) is 0 Å². The lowest BCUT2D eigenvalue weighted by molar-refractivity contribution is -0.160. The van der Waals surface area contributed by atoms with E-state index in [4.69, 9.17) is 10.2 Å². The van der Waals surface area contributed by atoms with Crippen LogP contribution < -0.4 is 0 Å². The highest BCUT2D eigenvalue weighted by molar-refractivity contribution is 5.86. The first-order valence-electron chi connectivity index (χ1n) is 5.21. The minimum atomic E-state index is -2.25. The van der Waals surface area contributed by atoms with Crippen LogP contribution in [0.2, 0.25) is 0 Å². The molecular formula is C10H12F2O7. The Morgan fingerprint density at radius 1 is 0.842 bits per heavy atom. The summed E-state index contributed by atoms with van der Waals surface area (Å²) in [5, 5.41) is 16.4. The SMILES string of the molecule is O=C(CCC(F)C(=O)O)OC(=O)CCC(F)C(=O)O. The highest BCUT2D eigenvalue weighted by Crippen LogP contribution is 2.06. The third-order valence-corrected chi connectivity index (χ3v) is 1.97. The van der Waals surface area contributed by atoms with Crippen molar-refractivity contribution in [2.75, 3.05) is 0 Å². The molecule has 0 bridgehead atoms. The zero-order valence-electron chi connectivity index (χ0n) is 9.67. The van der Waals surface area contributed by atoms with Crippen LogP contribution in [0.3, 0.4) is 0 Å². The van der Waals surface area contributed by atoms with E-state index in [2.05, 4.69) is 4.74 Å². The zero-order chi connectivity index (χ0) is 15.0. The molecule has 0 fully saturated rings. The van der Waals surface area contributed by atoms with Crippen molar-refractivity contribution in [3.05, 3.63) is 0 Å². The number of ether oxygens (including phenoxy) is 1. The largest absolute Gasteiger partial charge is 0.479 e. The molecule has 2 atom stereocenters. The number of carboxylic acid groups (broad SMARTS) is 2. The van der Waals surface area contributed by atoms with E-state index < -0.39 is 61.9 Å². The number of rotatable bonds is 8. The third-order valence-electron chi connectivity index (χ3n) is 1.97. The van der Waals surface area contributed by atoms with Gasteiger partial charge in [0.05, 0.1) is 0 Å². The summed E-state index contributed by atoms with van der Waals surface area (Å²) in [7, 11) is 0. The first-order chi connectivity index (χ1) is 8.73. The highest BCUT2D eigenvalue weighted by Gasteiger charge is 2.21. The summed E-state index contributed by atoms with van der Waals surface area (Å²) in [6.45, 7) is 0. The monoisotopic (exact) mass is 282 g/mol. The molecule has 2 N–H and O–H groups in total.